The number of aliphatic carboxylic acids is 2. The highest BCUT2D eigenvalue weighted by Crippen LogP contribution is 2.07. The van der Waals surface area contributed by atoms with Crippen molar-refractivity contribution in [2.45, 2.75) is 82.0 Å². The van der Waals surface area contributed by atoms with E-state index in [1.165, 1.54) is 0 Å². The zero-order valence-corrected chi connectivity index (χ0v) is 20.2. The van der Waals surface area contributed by atoms with Gasteiger partial charge in [0.2, 0.25) is 23.6 Å². The summed E-state index contributed by atoms with van der Waals surface area (Å²) in [7, 11) is 0. The van der Waals surface area contributed by atoms with Gasteiger partial charge in [0.25, 0.3) is 0 Å². The summed E-state index contributed by atoms with van der Waals surface area (Å²) in [5, 5.41) is 25.4. The standard InChI is InChI=1S/C21H39N7O8/c22-9-3-1-5-13(26-18(32)12(24)11-17(30)31)19(33)27-14(7-8-16(25)29)20(34)28-15(21(35)36)6-2-4-10-23/h12-15H,1-11,22-24H2,(H2,25,29)(H,26,32)(H,27,33)(H,28,34)(H,30,31)(H,35,36). The molecule has 0 saturated heterocycles. The number of unbranched alkanes of at least 4 members (excludes halogenated alkanes) is 2. The number of carbonyl (C=O) groups is 6. The molecule has 206 valence electrons. The first-order valence-electron chi connectivity index (χ1n) is 11.7. The maximum absolute atomic E-state index is 13.0. The number of primary amides is 1. The van der Waals surface area contributed by atoms with Crippen LogP contribution in [0.25, 0.3) is 0 Å². The lowest BCUT2D eigenvalue weighted by Gasteiger charge is -2.25. The lowest BCUT2D eigenvalue weighted by molar-refractivity contribution is -0.142. The molecule has 4 atom stereocenters. The fourth-order valence-electron chi connectivity index (χ4n) is 3.17. The summed E-state index contributed by atoms with van der Waals surface area (Å²) < 4.78 is 0. The Kier molecular flexibility index (Phi) is 16.4. The third-order valence-corrected chi connectivity index (χ3v) is 5.19. The van der Waals surface area contributed by atoms with Crippen molar-refractivity contribution in [1.29, 1.82) is 0 Å². The lowest BCUT2D eigenvalue weighted by Crippen LogP contribution is -2.57. The largest absolute Gasteiger partial charge is 0.481 e. The van der Waals surface area contributed by atoms with Gasteiger partial charge in [0, 0.05) is 6.42 Å². The Morgan fingerprint density at radius 1 is 0.667 bits per heavy atom. The van der Waals surface area contributed by atoms with E-state index in [0.29, 0.717) is 38.8 Å². The van der Waals surface area contributed by atoms with Crippen LogP contribution in [0.1, 0.15) is 57.8 Å². The van der Waals surface area contributed by atoms with Crippen LogP contribution < -0.4 is 38.9 Å². The van der Waals surface area contributed by atoms with Gasteiger partial charge in [0.1, 0.15) is 18.1 Å². The Balaban J connectivity index is 5.55. The van der Waals surface area contributed by atoms with Crippen molar-refractivity contribution in [2.75, 3.05) is 13.1 Å². The van der Waals surface area contributed by atoms with Gasteiger partial charge in [-0.2, -0.15) is 0 Å². The highest BCUT2D eigenvalue weighted by molar-refractivity contribution is 5.94. The van der Waals surface area contributed by atoms with E-state index in [1.54, 1.807) is 0 Å². The smallest absolute Gasteiger partial charge is 0.326 e. The van der Waals surface area contributed by atoms with Gasteiger partial charge >= 0.3 is 11.9 Å². The van der Waals surface area contributed by atoms with Crippen LogP contribution in [0.3, 0.4) is 0 Å². The Hall–Kier alpha value is -3.30. The van der Waals surface area contributed by atoms with Gasteiger partial charge in [-0.3, -0.25) is 24.0 Å². The number of hydrogen-bond donors (Lipinski definition) is 9. The van der Waals surface area contributed by atoms with E-state index in [1.807, 2.05) is 0 Å². The Morgan fingerprint density at radius 3 is 1.56 bits per heavy atom. The molecule has 0 aromatic heterocycles. The maximum Gasteiger partial charge on any atom is 0.326 e. The van der Waals surface area contributed by atoms with Crippen LogP contribution in [0.2, 0.25) is 0 Å². The third-order valence-electron chi connectivity index (χ3n) is 5.19. The maximum atomic E-state index is 13.0. The van der Waals surface area contributed by atoms with E-state index in [9.17, 15) is 33.9 Å². The van der Waals surface area contributed by atoms with E-state index in [-0.39, 0.29) is 25.7 Å². The predicted octanol–water partition coefficient (Wildman–Crippen LogP) is -3.15. The minimum absolute atomic E-state index is 0.105. The summed E-state index contributed by atoms with van der Waals surface area (Å²) in [5.41, 5.74) is 21.6. The SMILES string of the molecule is NCCCCC(NC(=O)C(CCC(N)=O)NC(=O)C(CCCCN)NC(=O)C(N)CC(=O)O)C(=O)O. The van der Waals surface area contributed by atoms with Gasteiger partial charge in [0.05, 0.1) is 12.5 Å². The number of rotatable bonds is 20. The molecule has 0 heterocycles. The fourth-order valence-corrected chi connectivity index (χ4v) is 3.17. The summed E-state index contributed by atoms with van der Waals surface area (Å²) in [4.78, 5) is 71.7. The van der Waals surface area contributed by atoms with Crippen molar-refractivity contribution in [1.82, 2.24) is 16.0 Å². The summed E-state index contributed by atoms with van der Waals surface area (Å²) in [6.45, 7) is 0.677. The van der Waals surface area contributed by atoms with Gasteiger partial charge in [-0.1, -0.05) is 0 Å². The summed E-state index contributed by atoms with van der Waals surface area (Å²) in [6.07, 6.45) is 0.991. The number of carbonyl (C=O) groups excluding carboxylic acids is 4. The Bertz CT molecular complexity index is 765. The summed E-state index contributed by atoms with van der Waals surface area (Å²) in [5.74, 6) is -5.85. The molecule has 0 rings (SSSR count). The molecule has 0 aliphatic rings. The molecule has 0 radical (unpaired) electrons. The summed E-state index contributed by atoms with van der Waals surface area (Å²) in [6, 6.07) is -5.17. The highest BCUT2D eigenvalue weighted by atomic mass is 16.4. The van der Waals surface area contributed by atoms with Crippen LogP contribution >= 0.6 is 0 Å². The fraction of sp³-hybridized carbons (Fsp3) is 0.714. The Labute approximate surface area is 209 Å². The second-order valence-electron chi connectivity index (χ2n) is 8.30. The zero-order chi connectivity index (χ0) is 27.7. The molecule has 4 unspecified atom stereocenters. The number of carboxylic acids is 2. The lowest BCUT2D eigenvalue weighted by atomic mass is 10.0. The number of nitrogens with two attached hydrogens (primary N) is 4. The van der Waals surface area contributed by atoms with Gasteiger partial charge < -0.3 is 49.1 Å². The highest BCUT2D eigenvalue weighted by Gasteiger charge is 2.30. The third kappa shape index (κ3) is 14.2. The average Bonchev–Trinajstić information content (AvgIpc) is 2.79. The van der Waals surface area contributed by atoms with Crippen molar-refractivity contribution < 1.29 is 39.0 Å². The van der Waals surface area contributed by atoms with Crippen molar-refractivity contribution in [3.8, 4) is 0 Å². The first kappa shape index (κ1) is 32.7. The second-order valence-corrected chi connectivity index (χ2v) is 8.30. The number of nitrogens with one attached hydrogen (secondary N) is 3. The molecule has 0 bridgehead atoms. The van der Waals surface area contributed by atoms with E-state index in [2.05, 4.69) is 16.0 Å². The zero-order valence-electron chi connectivity index (χ0n) is 20.2. The molecule has 0 aliphatic carbocycles. The molecule has 13 N–H and O–H groups in total. The van der Waals surface area contributed by atoms with Gasteiger partial charge in [-0.25, -0.2) is 4.79 Å². The predicted molar refractivity (Wildman–Crippen MR) is 128 cm³/mol. The molecule has 0 saturated carbocycles. The molecular formula is C21H39N7O8. The molecule has 0 aliphatic heterocycles. The molecule has 15 heteroatoms. The van der Waals surface area contributed by atoms with Crippen LogP contribution in [0.5, 0.6) is 0 Å². The first-order valence-corrected chi connectivity index (χ1v) is 11.7. The molecular weight excluding hydrogens is 478 g/mol. The first-order chi connectivity index (χ1) is 16.9. The Morgan fingerprint density at radius 2 is 1.11 bits per heavy atom. The van der Waals surface area contributed by atoms with E-state index < -0.39 is 66.2 Å². The molecule has 0 spiro atoms. The monoisotopic (exact) mass is 517 g/mol. The van der Waals surface area contributed by atoms with E-state index in [0.717, 1.165) is 0 Å². The van der Waals surface area contributed by atoms with Gasteiger partial charge in [-0.05, 0) is 58.0 Å². The van der Waals surface area contributed by atoms with Crippen molar-refractivity contribution in [3.63, 3.8) is 0 Å². The minimum atomic E-state index is -1.41. The van der Waals surface area contributed by atoms with Crippen LogP contribution in [-0.4, -0.2) is 83.0 Å². The van der Waals surface area contributed by atoms with E-state index >= 15 is 0 Å². The second kappa shape index (κ2) is 18.0. The van der Waals surface area contributed by atoms with Crippen molar-refractivity contribution in [2.24, 2.45) is 22.9 Å². The molecule has 4 amide bonds. The number of amides is 4. The van der Waals surface area contributed by atoms with Gasteiger partial charge in [0.15, 0.2) is 0 Å². The number of carboxylic acid groups (broad SMARTS) is 2. The van der Waals surface area contributed by atoms with Crippen molar-refractivity contribution >= 4 is 35.6 Å². The topological polar surface area (TPSA) is 283 Å². The molecule has 36 heavy (non-hydrogen) atoms. The minimum Gasteiger partial charge on any atom is -0.481 e. The van der Waals surface area contributed by atoms with E-state index in [4.69, 9.17) is 28.0 Å². The van der Waals surface area contributed by atoms with Crippen molar-refractivity contribution in [3.05, 3.63) is 0 Å². The molecule has 15 nitrogen and oxygen atoms in total. The van der Waals surface area contributed by atoms with Crippen LogP contribution in [0.4, 0.5) is 0 Å². The molecule has 0 fully saturated rings. The number of hydrogen-bond acceptors (Lipinski definition) is 9. The molecule has 0 aromatic rings. The molecule has 0 aromatic carbocycles. The normalized spacial score (nSPS) is 14.1. The quantitative estimate of drug-likeness (QED) is 0.0726. The average molecular weight is 518 g/mol. The summed E-state index contributed by atoms with van der Waals surface area (Å²) >= 11 is 0. The van der Waals surface area contributed by atoms with Crippen LogP contribution in [-0.2, 0) is 28.8 Å². The van der Waals surface area contributed by atoms with Crippen LogP contribution in [0.15, 0.2) is 0 Å². The van der Waals surface area contributed by atoms with Gasteiger partial charge in [-0.15, -0.1) is 0 Å². The van der Waals surface area contributed by atoms with Crippen LogP contribution in [0, 0.1) is 0 Å².